The van der Waals surface area contributed by atoms with Crippen LogP contribution in [0, 0.1) is 0 Å². The average molecular weight is 421 g/mol. The quantitative estimate of drug-likeness (QED) is 0.600. The van der Waals surface area contributed by atoms with E-state index in [-0.39, 0.29) is 32.8 Å². The molecule has 5 heteroatoms. The van der Waals surface area contributed by atoms with Crippen LogP contribution in [0.2, 0.25) is 19.1 Å². The Labute approximate surface area is 157 Å². The Morgan fingerprint density at radius 2 is 1.67 bits per heavy atom. The molecule has 0 fully saturated rings. The SMILES string of the molecule is CC1=CCC(Cl)=C1CC1=C(Cl)CC=C1[Si](C)(C)CCO.[Zr]. The van der Waals surface area contributed by atoms with E-state index in [1.54, 1.807) is 0 Å². The van der Waals surface area contributed by atoms with E-state index in [0.29, 0.717) is 0 Å². The zero-order chi connectivity index (χ0) is 14.9. The van der Waals surface area contributed by atoms with Crippen molar-refractivity contribution in [1.29, 1.82) is 0 Å². The third-order valence-electron chi connectivity index (χ3n) is 4.35. The van der Waals surface area contributed by atoms with E-state index in [0.717, 1.165) is 35.4 Å². The molecule has 21 heavy (non-hydrogen) atoms. The van der Waals surface area contributed by atoms with Crippen LogP contribution in [0.4, 0.5) is 0 Å². The number of rotatable bonds is 5. The first-order valence-electron chi connectivity index (χ1n) is 7.11. The molecule has 2 rings (SSSR count). The molecule has 114 valence electrons. The van der Waals surface area contributed by atoms with Crippen LogP contribution in [0.15, 0.2) is 44.1 Å². The molecule has 2 aliphatic carbocycles. The zero-order valence-electron chi connectivity index (χ0n) is 12.9. The van der Waals surface area contributed by atoms with Gasteiger partial charge >= 0.3 is 0 Å². The third-order valence-corrected chi connectivity index (χ3v) is 8.55. The first kappa shape index (κ1) is 19.6. The Morgan fingerprint density at radius 3 is 2.19 bits per heavy atom. The van der Waals surface area contributed by atoms with E-state index in [2.05, 4.69) is 32.2 Å². The van der Waals surface area contributed by atoms with Gasteiger partial charge in [-0.15, -0.1) is 0 Å². The minimum absolute atomic E-state index is 0. The molecule has 1 N–H and O–H groups in total. The van der Waals surface area contributed by atoms with Gasteiger partial charge in [0.2, 0.25) is 0 Å². The molecule has 0 aromatic rings. The van der Waals surface area contributed by atoms with Gasteiger partial charge < -0.3 is 5.11 Å². The van der Waals surface area contributed by atoms with Gasteiger partial charge in [0.25, 0.3) is 0 Å². The third kappa shape index (κ3) is 4.32. The van der Waals surface area contributed by atoms with Crippen LogP contribution in [0.5, 0.6) is 0 Å². The predicted molar refractivity (Wildman–Crippen MR) is 90.8 cm³/mol. The van der Waals surface area contributed by atoms with Gasteiger partial charge in [0.1, 0.15) is 0 Å². The summed E-state index contributed by atoms with van der Waals surface area (Å²) in [5, 5.41) is 12.6. The van der Waals surface area contributed by atoms with E-state index < -0.39 is 8.07 Å². The fourth-order valence-electron chi connectivity index (χ4n) is 2.99. The zero-order valence-corrected chi connectivity index (χ0v) is 17.9. The molecular formula is C16H22Cl2OSiZr. The van der Waals surface area contributed by atoms with Crippen LogP contribution in [0.25, 0.3) is 0 Å². The molecule has 0 aromatic heterocycles. The van der Waals surface area contributed by atoms with E-state index >= 15 is 0 Å². The molecule has 0 heterocycles. The summed E-state index contributed by atoms with van der Waals surface area (Å²) >= 11 is 12.8. The van der Waals surface area contributed by atoms with Crippen molar-refractivity contribution in [2.75, 3.05) is 6.61 Å². The smallest absolute Gasteiger partial charge is 0.0829 e. The normalized spacial score (nSPS) is 19.0. The molecule has 0 spiro atoms. The Balaban J connectivity index is 0.00000220. The number of hydrogen-bond donors (Lipinski definition) is 1. The number of allylic oxidation sites excluding steroid dienone is 8. The van der Waals surface area contributed by atoms with E-state index in [1.807, 2.05) is 0 Å². The van der Waals surface area contributed by atoms with Gasteiger partial charge in [-0.05, 0) is 30.5 Å². The second-order valence-corrected chi connectivity index (χ2v) is 11.9. The van der Waals surface area contributed by atoms with Crippen LogP contribution in [0.3, 0.4) is 0 Å². The first-order chi connectivity index (χ1) is 9.36. The molecule has 0 aliphatic heterocycles. The molecule has 0 saturated carbocycles. The van der Waals surface area contributed by atoms with Crippen LogP contribution in [0.1, 0.15) is 26.2 Å². The number of halogens is 2. The number of aliphatic hydroxyl groups excluding tert-OH is 1. The topological polar surface area (TPSA) is 20.2 Å². The average Bonchev–Trinajstić information content (AvgIpc) is 2.88. The molecule has 0 bridgehead atoms. The van der Waals surface area contributed by atoms with Gasteiger partial charge in [0, 0.05) is 55.7 Å². The van der Waals surface area contributed by atoms with Gasteiger partial charge in [0.05, 0.1) is 8.07 Å². The molecule has 0 aromatic carbocycles. The van der Waals surface area contributed by atoms with E-state index in [4.69, 9.17) is 23.2 Å². The minimum Gasteiger partial charge on any atom is -0.397 e. The van der Waals surface area contributed by atoms with Crippen molar-refractivity contribution in [2.45, 2.75) is 45.3 Å². The van der Waals surface area contributed by atoms with Crippen molar-refractivity contribution in [1.82, 2.24) is 0 Å². The van der Waals surface area contributed by atoms with Crippen molar-refractivity contribution in [3.63, 3.8) is 0 Å². The number of hydrogen-bond acceptors (Lipinski definition) is 1. The maximum atomic E-state index is 9.30. The molecule has 0 saturated heterocycles. The first-order valence-corrected chi connectivity index (χ1v) is 11.1. The van der Waals surface area contributed by atoms with Crippen molar-refractivity contribution < 1.29 is 31.3 Å². The summed E-state index contributed by atoms with van der Waals surface area (Å²) < 4.78 is 0. The van der Waals surface area contributed by atoms with Crippen LogP contribution in [-0.4, -0.2) is 19.8 Å². The van der Waals surface area contributed by atoms with Crippen molar-refractivity contribution >= 4 is 31.3 Å². The van der Waals surface area contributed by atoms with Crippen molar-refractivity contribution in [2.24, 2.45) is 0 Å². The predicted octanol–water partition coefficient (Wildman–Crippen LogP) is 5.28. The minimum atomic E-state index is -1.61. The maximum absolute atomic E-state index is 9.30. The van der Waals surface area contributed by atoms with Crippen LogP contribution < -0.4 is 0 Å². The summed E-state index contributed by atoms with van der Waals surface area (Å²) in [6.45, 7) is 6.98. The fourth-order valence-corrected chi connectivity index (χ4v) is 6.15. The molecule has 0 atom stereocenters. The van der Waals surface area contributed by atoms with Gasteiger partial charge in [-0.1, -0.05) is 59.2 Å². The molecule has 2 aliphatic rings. The van der Waals surface area contributed by atoms with Gasteiger partial charge in [0.15, 0.2) is 0 Å². The molecule has 0 amide bonds. The van der Waals surface area contributed by atoms with E-state index in [1.165, 1.54) is 21.9 Å². The fraction of sp³-hybridized carbons (Fsp3) is 0.500. The maximum Gasteiger partial charge on any atom is 0.0829 e. The van der Waals surface area contributed by atoms with Gasteiger partial charge in [-0.25, -0.2) is 0 Å². The van der Waals surface area contributed by atoms with Crippen LogP contribution >= 0.6 is 23.2 Å². The summed E-state index contributed by atoms with van der Waals surface area (Å²) in [6, 6.07) is 0.883. The molecular weight excluding hydrogens is 398 g/mol. The Kier molecular flexibility index (Phi) is 7.41. The molecule has 0 unspecified atom stereocenters. The monoisotopic (exact) mass is 418 g/mol. The largest absolute Gasteiger partial charge is 0.397 e. The summed E-state index contributed by atoms with van der Waals surface area (Å²) in [4.78, 5) is 0. The van der Waals surface area contributed by atoms with Gasteiger partial charge in [-0.2, -0.15) is 0 Å². The number of aliphatic hydroxyl groups is 1. The Hall–Kier alpha value is 0.600. The summed E-state index contributed by atoms with van der Waals surface area (Å²) in [5.74, 6) is 0. The van der Waals surface area contributed by atoms with Crippen molar-refractivity contribution in [3.8, 4) is 0 Å². The summed E-state index contributed by atoms with van der Waals surface area (Å²) in [7, 11) is -1.61. The summed E-state index contributed by atoms with van der Waals surface area (Å²) in [5.41, 5.74) is 3.78. The molecule has 1 nitrogen and oxygen atoms in total. The van der Waals surface area contributed by atoms with Gasteiger partial charge in [-0.3, -0.25) is 0 Å². The Bertz CT molecular complexity index is 544. The van der Waals surface area contributed by atoms with Crippen molar-refractivity contribution in [3.05, 3.63) is 44.1 Å². The van der Waals surface area contributed by atoms with Crippen LogP contribution in [-0.2, 0) is 26.2 Å². The van der Waals surface area contributed by atoms with E-state index in [9.17, 15) is 5.11 Å². The summed E-state index contributed by atoms with van der Waals surface area (Å²) in [6.07, 6.45) is 6.97. The standard InChI is InChI=1S/C16H22Cl2OSi.Zr/c1-11-4-5-14(17)12(11)10-13-15(18)6-7-16(13)20(2,3)9-8-19;/h4,7,19H,5-6,8-10H2,1-3H3;. The second kappa shape index (κ2) is 7.93. The second-order valence-electron chi connectivity index (χ2n) is 6.21. The Morgan fingerprint density at radius 1 is 1.10 bits per heavy atom. The molecule has 0 radical (unpaired) electrons.